The molecular formula is C22H39N2OPS. The van der Waals surface area contributed by atoms with Crippen LogP contribution in [-0.4, -0.2) is 59.8 Å². The first-order valence-corrected chi connectivity index (χ1v) is 13.3. The van der Waals surface area contributed by atoms with Gasteiger partial charge in [-0.25, -0.2) is 0 Å². The highest BCUT2D eigenvalue weighted by Crippen LogP contribution is 2.57. The lowest BCUT2D eigenvalue weighted by Gasteiger charge is -2.30. The fourth-order valence-corrected chi connectivity index (χ4v) is 8.36. The molecule has 1 saturated heterocycles. The normalized spacial score (nSPS) is 22.2. The van der Waals surface area contributed by atoms with E-state index in [1.54, 1.807) is 12.4 Å². The molecule has 2 aliphatic rings. The second-order valence-electron chi connectivity index (χ2n) is 8.09. The lowest BCUT2D eigenvalue weighted by atomic mass is 10.1. The van der Waals surface area contributed by atoms with E-state index in [0.29, 0.717) is 22.6 Å². The van der Waals surface area contributed by atoms with Crippen LogP contribution >= 0.6 is 19.7 Å². The van der Waals surface area contributed by atoms with Crippen LogP contribution in [0, 0.1) is 0 Å². The lowest BCUT2D eigenvalue weighted by Crippen LogP contribution is -2.32. The van der Waals surface area contributed by atoms with Gasteiger partial charge in [-0.3, -0.25) is 5.01 Å². The van der Waals surface area contributed by atoms with Gasteiger partial charge in [0.2, 0.25) is 0 Å². The molecule has 3 nitrogen and oxygen atoms in total. The quantitative estimate of drug-likeness (QED) is 0.321. The summed E-state index contributed by atoms with van der Waals surface area (Å²) in [6.07, 6.45) is 11.6. The fourth-order valence-electron chi connectivity index (χ4n) is 4.41. The molecular weight excluding hydrogens is 371 g/mol. The number of hydrogen-bond acceptors (Lipinski definition) is 4. The Morgan fingerprint density at radius 3 is 2.59 bits per heavy atom. The van der Waals surface area contributed by atoms with Crippen LogP contribution in [0.1, 0.15) is 60.3 Å². The maximum atomic E-state index is 5.46. The van der Waals surface area contributed by atoms with Gasteiger partial charge in [0.1, 0.15) is 0 Å². The molecule has 0 bridgehead atoms. The van der Waals surface area contributed by atoms with E-state index in [-0.39, 0.29) is 7.92 Å². The molecule has 0 saturated carbocycles. The third kappa shape index (κ3) is 5.61. The largest absolute Gasteiger partial charge is 0.382 e. The Labute approximate surface area is 172 Å². The molecule has 1 heterocycles. The average molecular weight is 411 g/mol. The summed E-state index contributed by atoms with van der Waals surface area (Å²) in [5.41, 5.74) is 4.19. The van der Waals surface area contributed by atoms with Gasteiger partial charge in [-0.05, 0) is 48.6 Å². The van der Waals surface area contributed by atoms with E-state index >= 15 is 0 Å². The van der Waals surface area contributed by atoms with E-state index < -0.39 is 0 Å². The van der Waals surface area contributed by atoms with Gasteiger partial charge < -0.3 is 4.74 Å². The van der Waals surface area contributed by atoms with E-state index in [1.165, 1.54) is 24.1 Å². The summed E-state index contributed by atoms with van der Waals surface area (Å²) in [5.74, 6) is 0. The van der Waals surface area contributed by atoms with Crippen LogP contribution in [0.3, 0.4) is 0 Å². The van der Waals surface area contributed by atoms with Gasteiger partial charge in [0.05, 0.1) is 18.4 Å². The molecule has 1 fully saturated rings. The predicted molar refractivity (Wildman–Crippen MR) is 125 cm³/mol. The Hall–Kier alpha value is -0.310. The van der Waals surface area contributed by atoms with Crippen LogP contribution in [-0.2, 0) is 4.74 Å². The van der Waals surface area contributed by atoms with Gasteiger partial charge in [-0.15, -0.1) is 0 Å². The van der Waals surface area contributed by atoms with Crippen LogP contribution in [0.4, 0.5) is 0 Å². The lowest BCUT2D eigenvalue weighted by molar-refractivity contribution is 0.118. The highest BCUT2D eigenvalue weighted by Gasteiger charge is 2.31. The standard InChI is InChI=1S/C22H39N2OPS/c1-8-21(27-7)22(23-24-14-10-11-18(24)15-25-6)19-12-9-13-20(19)26(16(2)3)17(4)5/h9,12,16-18,21H,8,10-11,13-15H2,1-7H3/b23-22+. The molecule has 2 rings (SSSR count). The van der Waals surface area contributed by atoms with Crippen molar-refractivity contribution in [1.82, 2.24) is 5.01 Å². The number of thioether (sulfide) groups is 1. The molecule has 0 spiro atoms. The topological polar surface area (TPSA) is 24.8 Å². The van der Waals surface area contributed by atoms with Crippen LogP contribution in [0.15, 0.2) is 28.1 Å². The summed E-state index contributed by atoms with van der Waals surface area (Å²) in [5, 5.41) is 9.75. The van der Waals surface area contributed by atoms with Crippen molar-refractivity contribution < 1.29 is 4.74 Å². The van der Waals surface area contributed by atoms with Crippen molar-refractivity contribution in [2.45, 2.75) is 82.9 Å². The molecule has 2 atom stereocenters. The average Bonchev–Trinajstić information content (AvgIpc) is 3.24. The van der Waals surface area contributed by atoms with Crippen molar-refractivity contribution in [2.24, 2.45) is 5.10 Å². The molecule has 0 radical (unpaired) electrons. The number of nitrogens with zero attached hydrogens (tertiary/aromatic N) is 2. The number of methoxy groups -OCH3 is 1. The maximum Gasteiger partial charge on any atom is 0.0810 e. The summed E-state index contributed by atoms with van der Waals surface area (Å²) >= 11 is 1.94. The molecule has 154 valence electrons. The molecule has 0 N–H and O–H groups in total. The molecule has 5 heteroatoms. The van der Waals surface area contributed by atoms with E-state index in [0.717, 1.165) is 26.0 Å². The molecule has 0 amide bonds. The Morgan fingerprint density at radius 1 is 1.33 bits per heavy atom. The van der Waals surface area contributed by atoms with E-state index in [1.807, 2.05) is 11.8 Å². The highest BCUT2D eigenvalue weighted by molar-refractivity contribution is 8.00. The Kier molecular flexibility index (Phi) is 9.38. The third-order valence-corrected chi connectivity index (χ3v) is 9.91. The molecule has 2 unspecified atom stereocenters. The van der Waals surface area contributed by atoms with Crippen molar-refractivity contribution in [2.75, 3.05) is 26.5 Å². The van der Waals surface area contributed by atoms with E-state index in [4.69, 9.17) is 9.84 Å². The number of allylic oxidation sites excluding steroid dienone is 4. The molecule has 0 aromatic carbocycles. The first kappa shape index (κ1) is 23.0. The third-order valence-electron chi connectivity index (χ3n) is 5.51. The monoisotopic (exact) mass is 410 g/mol. The fraction of sp³-hybridized carbons (Fsp3) is 0.773. The van der Waals surface area contributed by atoms with Gasteiger partial charge in [0, 0.05) is 24.5 Å². The molecule has 1 aliphatic carbocycles. The van der Waals surface area contributed by atoms with Crippen molar-refractivity contribution in [3.63, 3.8) is 0 Å². The van der Waals surface area contributed by atoms with Crippen molar-refractivity contribution in [1.29, 1.82) is 0 Å². The summed E-state index contributed by atoms with van der Waals surface area (Å²) in [4.78, 5) is 0. The second-order valence-corrected chi connectivity index (χ2v) is 12.6. The molecule has 27 heavy (non-hydrogen) atoms. The zero-order chi connectivity index (χ0) is 20.0. The van der Waals surface area contributed by atoms with Crippen LogP contribution < -0.4 is 0 Å². The first-order chi connectivity index (χ1) is 12.9. The molecule has 0 aromatic heterocycles. The predicted octanol–water partition coefficient (Wildman–Crippen LogP) is 6.11. The van der Waals surface area contributed by atoms with E-state index in [2.05, 4.69) is 58.0 Å². The van der Waals surface area contributed by atoms with Crippen LogP contribution in [0.2, 0.25) is 0 Å². The molecule has 1 aliphatic heterocycles. The minimum atomic E-state index is -0.138. The summed E-state index contributed by atoms with van der Waals surface area (Å²) in [7, 11) is 1.66. The SMILES string of the molecule is CCC(SC)/C(=N/N1CCCC1COC)C1=C(P(C(C)C)C(C)C)CC=C1. The molecule has 0 aromatic rings. The van der Waals surface area contributed by atoms with E-state index in [9.17, 15) is 0 Å². The summed E-state index contributed by atoms with van der Waals surface area (Å²) in [6, 6.07) is 0.426. The van der Waals surface area contributed by atoms with Crippen molar-refractivity contribution in [3.8, 4) is 0 Å². The van der Waals surface area contributed by atoms with Crippen molar-refractivity contribution in [3.05, 3.63) is 23.0 Å². The number of ether oxygens (including phenoxy) is 1. The van der Waals surface area contributed by atoms with Gasteiger partial charge >= 0.3 is 0 Å². The minimum Gasteiger partial charge on any atom is -0.382 e. The minimum absolute atomic E-state index is 0.138. The Balaban J connectivity index is 2.47. The summed E-state index contributed by atoms with van der Waals surface area (Å²) < 4.78 is 5.46. The van der Waals surface area contributed by atoms with Gasteiger partial charge in [0.25, 0.3) is 0 Å². The van der Waals surface area contributed by atoms with Crippen molar-refractivity contribution >= 4 is 25.4 Å². The first-order valence-electron chi connectivity index (χ1n) is 10.5. The number of hydrazone groups is 1. The number of hydrogen-bond donors (Lipinski definition) is 0. The number of rotatable bonds is 10. The smallest absolute Gasteiger partial charge is 0.0810 e. The summed E-state index contributed by atoms with van der Waals surface area (Å²) in [6.45, 7) is 13.7. The second kappa shape index (κ2) is 11.0. The van der Waals surface area contributed by atoms with Crippen LogP contribution in [0.25, 0.3) is 0 Å². The van der Waals surface area contributed by atoms with Gasteiger partial charge in [-0.2, -0.15) is 16.9 Å². The zero-order valence-electron chi connectivity index (χ0n) is 18.4. The zero-order valence-corrected chi connectivity index (χ0v) is 20.1. The highest BCUT2D eigenvalue weighted by atomic mass is 32.2. The van der Waals surface area contributed by atoms with Crippen LogP contribution in [0.5, 0.6) is 0 Å². The maximum absolute atomic E-state index is 5.46. The Bertz CT molecular complexity index is 559. The van der Waals surface area contributed by atoms with Gasteiger partial charge in [-0.1, -0.05) is 54.7 Å². The Morgan fingerprint density at radius 2 is 2.04 bits per heavy atom. The van der Waals surface area contributed by atoms with Gasteiger partial charge in [0.15, 0.2) is 0 Å².